The molecule has 21 heavy (non-hydrogen) atoms. The summed E-state index contributed by atoms with van der Waals surface area (Å²) >= 11 is 6.11. The zero-order chi connectivity index (χ0) is 15.6. The fraction of sp³-hybridized carbons (Fsp3) is 0.600. The number of imidazole rings is 1. The number of fused-ring (bicyclic) bond motifs is 1. The van der Waals surface area contributed by atoms with Crippen molar-refractivity contribution in [1.29, 1.82) is 0 Å². The fourth-order valence-corrected chi connectivity index (χ4v) is 2.71. The number of hydrogen-bond acceptors (Lipinski definition) is 4. The van der Waals surface area contributed by atoms with Gasteiger partial charge in [-0.05, 0) is 26.1 Å². The second kappa shape index (κ2) is 6.62. The van der Waals surface area contributed by atoms with Crippen LogP contribution in [0.2, 0.25) is 0 Å². The van der Waals surface area contributed by atoms with E-state index in [0.717, 1.165) is 23.5 Å². The van der Waals surface area contributed by atoms with E-state index in [9.17, 15) is 0 Å². The molecule has 0 bridgehead atoms. The molecule has 2 aromatic heterocycles. The number of halogens is 1. The Morgan fingerprint density at radius 1 is 1.29 bits per heavy atom. The molecule has 0 fully saturated rings. The highest BCUT2D eigenvalue weighted by molar-refractivity contribution is 6.16. The Morgan fingerprint density at radius 2 is 2.00 bits per heavy atom. The predicted octanol–water partition coefficient (Wildman–Crippen LogP) is 2.94. The first kappa shape index (κ1) is 16.0. The number of methoxy groups -OCH3 is 1. The van der Waals surface area contributed by atoms with Crippen molar-refractivity contribution in [3.8, 4) is 5.88 Å². The largest absolute Gasteiger partial charge is 0.481 e. The van der Waals surface area contributed by atoms with E-state index in [1.165, 1.54) is 0 Å². The molecule has 0 amide bonds. The fourth-order valence-electron chi connectivity index (χ4n) is 2.52. The van der Waals surface area contributed by atoms with Gasteiger partial charge in [0.25, 0.3) is 0 Å². The zero-order valence-corrected chi connectivity index (χ0v) is 14.1. The second-order valence-corrected chi connectivity index (χ2v) is 6.07. The molecule has 0 spiro atoms. The number of nitrogens with zero attached hydrogens (tertiary/aromatic N) is 4. The normalized spacial score (nSPS) is 13.3. The van der Waals surface area contributed by atoms with Crippen LogP contribution in [0.5, 0.6) is 5.88 Å². The molecule has 116 valence electrons. The van der Waals surface area contributed by atoms with Gasteiger partial charge in [-0.3, -0.25) is 0 Å². The van der Waals surface area contributed by atoms with Crippen LogP contribution < -0.4 is 4.74 Å². The van der Waals surface area contributed by atoms with E-state index in [2.05, 4.69) is 47.4 Å². The number of hydrogen-bond donors (Lipinski definition) is 0. The minimum Gasteiger partial charge on any atom is -0.481 e. The van der Waals surface area contributed by atoms with Crippen LogP contribution in [0.4, 0.5) is 0 Å². The average molecular weight is 311 g/mol. The van der Waals surface area contributed by atoms with Gasteiger partial charge in [0.1, 0.15) is 11.3 Å². The van der Waals surface area contributed by atoms with Crippen molar-refractivity contribution in [1.82, 2.24) is 19.4 Å². The third kappa shape index (κ3) is 3.30. The van der Waals surface area contributed by atoms with Crippen LogP contribution in [-0.2, 0) is 5.88 Å². The molecule has 0 radical (unpaired) electrons. The first-order valence-electron chi connectivity index (χ1n) is 7.10. The van der Waals surface area contributed by atoms with E-state index in [4.69, 9.17) is 16.3 Å². The van der Waals surface area contributed by atoms with Crippen LogP contribution in [0.25, 0.3) is 11.2 Å². The van der Waals surface area contributed by atoms with Gasteiger partial charge in [0.05, 0.1) is 19.0 Å². The lowest BCUT2D eigenvalue weighted by molar-refractivity contribution is 0.269. The standard InChI is InChI=1S/C15H23ClN4O/c1-10(2)12(9-19(3)4)20-13(8-16)17-11-6-7-14(21-5)18-15(11)20/h6-7,10,12H,8-9H2,1-5H3. The lowest BCUT2D eigenvalue weighted by Crippen LogP contribution is -2.29. The molecule has 0 aliphatic carbocycles. The highest BCUT2D eigenvalue weighted by Crippen LogP contribution is 2.27. The third-order valence-corrected chi connectivity index (χ3v) is 3.81. The SMILES string of the molecule is COc1ccc2nc(CCl)n(C(CN(C)C)C(C)C)c2n1. The summed E-state index contributed by atoms with van der Waals surface area (Å²) in [6.07, 6.45) is 0. The molecule has 0 saturated carbocycles. The molecule has 1 unspecified atom stereocenters. The molecule has 0 aliphatic rings. The maximum Gasteiger partial charge on any atom is 0.215 e. The Kier molecular flexibility index (Phi) is 5.06. The first-order valence-corrected chi connectivity index (χ1v) is 7.64. The molecule has 6 heteroatoms. The Labute approximate surface area is 130 Å². The van der Waals surface area contributed by atoms with Crippen LogP contribution in [0.15, 0.2) is 12.1 Å². The van der Waals surface area contributed by atoms with Crippen molar-refractivity contribution >= 4 is 22.8 Å². The second-order valence-electron chi connectivity index (χ2n) is 5.80. The molecule has 5 nitrogen and oxygen atoms in total. The molecule has 0 saturated heterocycles. The van der Waals surface area contributed by atoms with E-state index in [1.54, 1.807) is 7.11 Å². The molecule has 0 aromatic carbocycles. The van der Waals surface area contributed by atoms with Gasteiger partial charge in [0.15, 0.2) is 5.65 Å². The molecular formula is C15H23ClN4O. The number of likely N-dealkylation sites (N-methyl/N-ethyl adjacent to an activating group) is 1. The quantitative estimate of drug-likeness (QED) is 0.769. The number of ether oxygens (including phenoxy) is 1. The van der Waals surface area contributed by atoms with E-state index >= 15 is 0 Å². The van der Waals surface area contributed by atoms with Crippen LogP contribution in [0.1, 0.15) is 25.7 Å². The van der Waals surface area contributed by atoms with Crippen LogP contribution in [-0.4, -0.2) is 47.2 Å². The third-order valence-electron chi connectivity index (χ3n) is 3.57. The van der Waals surface area contributed by atoms with E-state index in [0.29, 0.717) is 17.7 Å². The molecule has 0 aliphatic heterocycles. The predicted molar refractivity (Wildman–Crippen MR) is 86.1 cm³/mol. The van der Waals surface area contributed by atoms with Crippen molar-refractivity contribution in [2.45, 2.75) is 25.8 Å². The van der Waals surface area contributed by atoms with Gasteiger partial charge < -0.3 is 14.2 Å². The van der Waals surface area contributed by atoms with Crippen LogP contribution in [0.3, 0.4) is 0 Å². The van der Waals surface area contributed by atoms with Gasteiger partial charge in [-0.2, -0.15) is 4.98 Å². The summed E-state index contributed by atoms with van der Waals surface area (Å²) in [4.78, 5) is 11.4. The van der Waals surface area contributed by atoms with Gasteiger partial charge >= 0.3 is 0 Å². The van der Waals surface area contributed by atoms with E-state index in [1.807, 2.05) is 12.1 Å². The number of aromatic nitrogens is 3. The number of pyridine rings is 1. The summed E-state index contributed by atoms with van der Waals surface area (Å²) in [6, 6.07) is 4.02. The zero-order valence-electron chi connectivity index (χ0n) is 13.3. The van der Waals surface area contributed by atoms with Gasteiger partial charge in [0, 0.05) is 12.6 Å². The Bertz CT molecular complexity index is 609. The summed E-state index contributed by atoms with van der Waals surface area (Å²) in [5.74, 6) is 2.26. The van der Waals surface area contributed by atoms with Crippen molar-refractivity contribution in [3.63, 3.8) is 0 Å². The van der Waals surface area contributed by atoms with Crippen LogP contribution in [0, 0.1) is 5.92 Å². The summed E-state index contributed by atoms with van der Waals surface area (Å²) in [7, 11) is 5.77. The van der Waals surface area contributed by atoms with Gasteiger partial charge in [0.2, 0.25) is 5.88 Å². The highest BCUT2D eigenvalue weighted by atomic mass is 35.5. The van der Waals surface area contributed by atoms with Gasteiger partial charge in [-0.1, -0.05) is 13.8 Å². The van der Waals surface area contributed by atoms with Crippen LogP contribution >= 0.6 is 11.6 Å². The molecule has 2 heterocycles. The van der Waals surface area contributed by atoms with Crippen molar-refractivity contribution in [2.24, 2.45) is 5.92 Å². The molecule has 0 N–H and O–H groups in total. The highest BCUT2D eigenvalue weighted by Gasteiger charge is 2.23. The van der Waals surface area contributed by atoms with Gasteiger partial charge in [-0.15, -0.1) is 11.6 Å². The molecular weight excluding hydrogens is 288 g/mol. The Balaban J connectivity index is 2.62. The summed E-state index contributed by atoms with van der Waals surface area (Å²) in [5, 5.41) is 0. The summed E-state index contributed by atoms with van der Waals surface area (Å²) in [6.45, 7) is 5.32. The molecule has 1 atom stereocenters. The Hall–Kier alpha value is -1.33. The lowest BCUT2D eigenvalue weighted by Gasteiger charge is -2.27. The Morgan fingerprint density at radius 3 is 2.52 bits per heavy atom. The first-order chi connectivity index (χ1) is 9.97. The maximum atomic E-state index is 6.11. The van der Waals surface area contributed by atoms with Gasteiger partial charge in [-0.25, -0.2) is 4.98 Å². The summed E-state index contributed by atoms with van der Waals surface area (Å²) < 4.78 is 7.41. The van der Waals surface area contributed by atoms with E-state index in [-0.39, 0.29) is 6.04 Å². The average Bonchev–Trinajstić information content (AvgIpc) is 2.81. The smallest absolute Gasteiger partial charge is 0.215 e. The van der Waals surface area contributed by atoms with Crippen molar-refractivity contribution < 1.29 is 4.74 Å². The minimum atomic E-state index is 0.262. The molecule has 2 aromatic rings. The maximum absolute atomic E-state index is 6.11. The summed E-state index contributed by atoms with van der Waals surface area (Å²) in [5.41, 5.74) is 1.70. The number of rotatable bonds is 6. The monoisotopic (exact) mass is 310 g/mol. The molecule has 2 rings (SSSR count). The lowest BCUT2D eigenvalue weighted by atomic mass is 10.0. The minimum absolute atomic E-state index is 0.262. The van der Waals surface area contributed by atoms with Crippen molar-refractivity contribution in [2.75, 3.05) is 27.7 Å². The number of alkyl halides is 1. The van der Waals surface area contributed by atoms with Crippen molar-refractivity contribution in [3.05, 3.63) is 18.0 Å². The van der Waals surface area contributed by atoms with E-state index < -0.39 is 0 Å². The topological polar surface area (TPSA) is 43.2 Å².